The molecule has 1 rings (SSSR count). The second kappa shape index (κ2) is 2.14. The van der Waals surface area contributed by atoms with Crippen LogP contribution in [0.25, 0.3) is 0 Å². The SMILES string of the molecule is N#CC1(F)C=CC(N)=CC1. The van der Waals surface area contributed by atoms with Crippen molar-refractivity contribution in [3.05, 3.63) is 23.9 Å². The Kier molecular flexibility index (Phi) is 1.46. The fourth-order valence-corrected chi connectivity index (χ4v) is 0.714. The highest BCUT2D eigenvalue weighted by Gasteiger charge is 2.26. The molecule has 0 fully saturated rings. The van der Waals surface area contributed by atoms with Gasteiger partial charge in [0.1, 0.15) is 6.07 Å². The Hall–Kier alpha value is -1.30. The number of allylic oxidation sites excluding steroid dienone is 3. The monoisotopic (exact) mass is 138 g/mol. The maximum absolute atomic E-state index is 12.9. The van der Waals surface area contributed by atoms with Crippen LogP contribution in [-0.2, 0) is 0 Å². The standard InChI is InChI=1S/C7H7FN2/c8-7(5-9)3-1-6(10)2-4-7/h1-3H,4,10H2. The lowest BCUT2D eigenvalue weighted by atomic mass is 9.98. The van der Waals surface area contributed by atoms with E-state index < -0.39 is 5.67 Å². The highest BCUT2D eigenvalue weighted by Crippen LogP contribution is 2.22. The maximum atomic E-state index is 12.9. The van der Waals surface area contributed by atoms with E-state index in [9.17, 15) is 4.39 Å². The molecule has 0 spiro atoms. The molecule has 0 saturated heterocycles. The van der Waals surface area contributed by atoms with E-state index in [1.54, 1.807) is 6.07 Å². The molecule has 0 heterocycles. The summed E-state index contributed by atoms with van der Waals surface area (Å²) in [5.41, 5.74) is 4.00. The van der Waals surface area contributed by atoms with Gasteiger partial charge in [-0.05, 0) is 12.2 Å². The average molecular weight is 138 g/mol. The Balaban J connectivity index is 2.80. The van der Waals surface area contributed by atoms with Crippen LogP contribution in [-0.4, -0.2) is 5.67 Å². The first-order chi connectivity index (χ1) is 4.66. The molecule has 0 saturated carbocycles. The van der Waals surface area contributed by atoms with Crippen molar-refractivity contribution in [3.8, 4) is 6.07 Å². The first-order valence-electron chi connectivity index (χ1n) is 2.91. The van der Waals surface area contributed by atoms with Gasteiger partial charge in [0.05, 0.1) is 0 Å². The van der Waals surface area contributed by atoms with Gasteiger partial charge in [-0.15, -0.1) is 0 Å². The molecule has 1 unspecified atom stereocenters. The number of alkyl halides is 1. The van der Waals surface area contributed by atoms with Crippen LogP contribution < -0.4 is 5.73 Å². The van der Waals surface area contributed by atoms with Gasteiger partial charge in [-0.2, -0.15) is 5.26 Å². The van der Waals surface area contributed by atoms with E-state index in [0.29, 0.717) is 5.70 Å². The molecular weight excluding hydrogens is 131 g/mol. The van der Waals surface area contributed by atoms with Crippen LogP contribution in [0.2, 0.25) is 0 Å². The number of nitriles is 1. The first-order valence-corrected chi connectivity index (χ1v) is 2.91. The molecule has 52 valence electrons. The summed E-state index contributed by atoms with van der Waals surface area (Å²) in [7, 11) is 0. The van der Waals surface area contributed by atoms with Gasteiger partial charge >= 0.3 is 0 Å². The predicted molar refractivity (Wildman–Crippen MR) is 35.5 cm³/mol. The fourth-order valence-electron chi connectivity index (χ4n) is 0.714. The summed E-state index contributed by atoms with van der Waals surface area (Å²) in [5, 5.41) is 8.29. The third-order valence-electron chi connectivity index (χ3n) is 1.36. The van der Waals surface area contributed by atoms with E-state index in [0.717, 1.165) is 0 Å². The topological polar surface area (TPSA) is 49.8 Å². The van der Waals surface area contributed by atoms with Crippen molar-refractivity contribution in [1.82, 2.24) is 0 Å². The molecule has 0 radical (unpaired) electrons. The minimum Gasteiger partial charge on any atom is -0.399 e. The number of nitrogens with two attached hydrogens (primary N) is 1. The Bertz CT molecular complexity index is 236. The number of hydrogen-bond acceptors (Lipinski definition) is 2. The largest absolute Gasteiger partial charge is 0.399 e. The zero-order chi connectivity index (χ0) is 7.61. The van der Waals surface area contributed by atoms with Crippen LogP contribution in [0.5, 0.6) is 0 Å². The molecule has 0 aliphatic heterocycles. The minimum atomic E-state index is -1.83. The van der Waals surface area contributed by atoms with Gasteiger partial charge in [-0.1, -0.05) is 6.08 Å². The Morgan fingerprint density at radius 1 is 1.80 bits per heavy atom. The van der Waals surface area contributed by atoms with E-state index in [2.05, 4.69) is 0 Å². The Morgan fingerprint density at radius 2 is 2.50 bits per heavy atom. The molecule has 0 aromatic rings. The summed E-state index contributed by atoms with van der Waals surface area (Å²) in [6.45, 7) is 0. The summed E-state index contributed by atoms with van der Waals surface area (Å²) in [6.07, 6.45) is 4.16. The van der Waals surface area contributed by atoms with Crippen LogP contribution in [0, 0.1) is 11.3 Å². The summed E-state index contributed by atoms with van der Waals surface area (Å²) in [5.74, 6) is 0. The van der Waals surface area contributed by atoms with Gasteiger partial charge in [-0.25, -0.2) is 4.39 Å². The highest BCUT2D eigenvalue weighted by molar-refractivity contribution is 5.30. The van der Waals surface area contributed by atoms with Crippen LogP contribution in [0.3, 0.4) is 0 Å². The third kappa shape index (κ3) is 1.16. The number of hydrogen-bond donors (Lipinski definition) is 1. The molecule has 2 N–H and O–H groups in total. The maximum Gasteiger partial charge on any atom is 0.218 e. The van der Waals surface area contributed by atoms with Crippen LogP contribution in [0.4, 0.5) is 4.39 Å². The molecule has 0 aromatic heterocycles. The predicted octanol–water partition coefficient (Wildman–Crippen LogP) is 1.02. The lowest BCUT2D eigenvalue weighted by Gasteiger charge is -2.13. The van der Waals surface area contributed by atoms with Crippen molar-refractivity contribution in [2.75, 3.05) is 0 Å². The van der Waals surface area contributed by atoms with Crippen LogP contribution in [0.15, 0.2) is 23.9 Å². The molecule has 10 heavy (non-hydrogen) atoms. The zero-order valence-electron chi connectivity index (χ0n) is 5.34. The minimum absolute atomic E-state index is 0.0613. The van der Waals surface area contributed by atoms with E-state index in [1.165, 1.54) is 18.2 Å². The molecular formula is C7H7FN2. The third-order valence-corrected chi connectivity index (χ3v) is 1.36. The summed E-state index contributed by atoms with van der Waals surface area (Å²) < 4.78 is 12.9. The Morgan fingerprint density at radius 3 is 2.90 bits per heavy atom. The van der Waals surface area contributed by atoms with Gasteiger partial charge < -0.3 is 5.73 Å². The van der Waals surface area contributed by atoms with Crippen LogP contribution in [0.1, 0.15) is 6.42 Å². The molecule has 0 amide bonds. The van der Waals surface area contributed by atoms with E-state index in [4.69, 9.17) is 11.0 Å². The normalized spacial score (nSPS) is 31.0. The lowest BCUT2D eigenvalue weighted by Crippen LogP contribution is -2.19. The second-order valence-electron chi connectivity index (χ2n) is 2.22. The van der Waals surface area contributed by atoms with E-state index in [-0.39, 0.29) is 6.42 Å². The van der Waals surface area contributed by atoms with Gasteiger partial charge in [0.15, 0.2) is 0 Å². The highest BCUT2D eigenvalue weighted by atomic mass is 19.1. The van der Waals surface area contributed by atoms with Gasteiger partial charge in [0.2, 0.25) is 5.67 Å². The average Bonchev–Trinajstić information content (AvgIpc) is 1.96. The molecule has 1 aliphatic carbocycles. The van der Waals surface area contributed by atoms with E-state index >= 15 is 0 Å². The number of nitrogens with zero attached hydrogens (tertiary/aromatic N) is 1. The van der Waals surface area contributed by atoms with Gasteiger partial charge in [-0.3, -0.25) is 0 Å². The molecule has 1 atom stereocenters. The van der Waals surface area contributed by atoms with Crippen molar-refractivity contribution >= 4 is 0 Å². The van der Waals surface area contributed by atoms with Crippen molar-refractivity contribution in [2.24, 2.45) is 5.73 Å². The Labute approximate surface area is 58.4 Å². The summed E-state index contributed by atoms with van der Waals surface area (Å²) in [6, 6.07) is 1.55. The van der Waals surface area contributed by atoms with Crippen molar-refractivity contribution < 1.29 is 4.39 Å². The number of rotatable bonds is 0. The summed E-state index contributed by atoms with van der Waals surface area (Å²) in [4.78, 5) is 0. The molecule has 0 bridgehead atoms. The second-order valence-corrected chi connectivity index (χ2v) is 2.22. The van der Waals surface area contributed by atoms with Crippen molar-refractivity contribution in [2.45, 2.75) is 12.1 Å². The number of halogens is 1. The fraction of sp³-hybridized carbons (Fsp3) is 0.286. The summed E-state index contributed by atoms with van der Waals surface area (Å²) >= 11 is 0. The quantitative estimate of drug-likeness (QED) is 0.543. The zero-order valence-corrected chi connectivity index (χ0v) is 5.34. The van der Waals surface area contributed by atoms with Gasteiger partial charge in [0, 0.05) is 12.1 Å². The molecule has 3 heteroatoms. The smallest absolute Gasteiger partial charge is 0.218 e. The first kappa shape index (κ1) is 6.81. The van der Waals surface area contributed by atoms with Crippen molar-refractivity contribution in [3.63, 3.8) is 0 Å². The molecule has 1 aliphatic rings. The van der Waals surface area contributed by atoms with Gasteiger partial charge in [0.25, 0.3) is 0 Å². The molecule has 0 aromatic carbocycles. The lowest BCUT2D eigenvalue weighted by molar-refractivity contribution is 0.309. The molecule has 2 nitrogen and oxygen atoms in total. The van der Waals surface area contributed by atoms with E-state index in [1.807, 2.05) is 0 Å². The van der Waals surface area contributed by atoms with Crippen molar-refractivity contribution in [1.29, 1.82) is 5.26 Å². The van der Waals surface area contributed by atoms with Crippen LogP contribution >= 0.6 is 0 Å².